The summed E-state index contributed by atoms with van der Waals surface area (Å²) in [6, 6.07) is 15.1. The lowest BCUT2D eigenvalue weighted by molar-refractivity contribution is 0.185. The highest BCUT2D eigenvalue weighted by molar-refractivity contribution is 5.23. The molecule has 0 aliphatic carbocycles. The second-order valence-corrected chi connectivity index (χ2v) is 4.90. The number of benzene rings is 2. The van der Waals surface area contributed by atoms with Crippen molar-refractivity contribution in [2.24, 2.45) is 0 Å². The van der Waals surface area contributed by atoms with Crippen LogP contribution in [0.3, 0.4) is 0 Å². The van der Waals surface area contributed by atoms with E-state index in [1.165, 1.54) is 23.3 Å². The minimum Gasteiger partial charge on any atom is -0.380 e. The van der Waals surface area contributed by atoms with Crippen molar-refractivity contribution in [2.75, 3.05) is 7.11 Å². The van der Waals surface area contributed by atoms with E-state index in [0.29, 0.717) is 6.61 Å². The van der Waals surface area contributed by atoms with Gasteiger partial charge in [-0.1, -0.05) is 36.4 Å². The maximum atomic E-state index is 12.9. The van der Waals surface area contributed by atoms with Crippen LogP contribution in [0.5, 0.6) is 0 Å². The first-order valence-electron chi connectivity index (χ1n) is 6.74. The summed E-state index contributed by atoms with van der Waals surface area (Å²) in [5, 5.41) is 3.43. The maximum Gasteiger partial charge on any atom is 0.123 e. The first-order valence-corrected chi connectivity index (χ1v) is 6.74. The minimum absolute atomic E-state index is 0.189. The summed E-state index contributed by atoms with van der Waals surface area (Å²) in [6.45, 7) is 3.50. The number of hydrogen-bond donors (Lipinski definition) is 1. The molecule has 0 aliphatic rings. The molecule has 0 heterocycles. The lowest BCUT2D eigenvalue weighted by atomic mass is 10.1. The van der Waals surface area contributed by atoms with Crippen LogP contribution in [0, 0.1) is 5.82 Å². The van der Waals surface area contributed by atoms with Crippen LogP contribution in [0.1, 0.15) is 29.7 Å². The SMILES string of the molecule is COCc1ccc(CN[C@H](C)c2ccc(F)cc2)cc1. The molecule has 0 saturated heterocycles. The Morgan fingerprint density at radius 1 is 1.00 bits per heavy atom. The summed E-state index contributed by atoms with van der Waals surface area (Å²) in [5.74, 6) is -0.199. The summed E-state index contributed by atoms with van der Waals surface area (Å²) >= 11 is 0. The molecule has 2 rings (SSSR count). The van der Waals surface area contributed by atoms with Crippen molar-refractivity contribution in [3.8, 4) is 0 Å². The fourth-order valence-corrected chi connectivity index (χ4v) is 2.06. The monoisotopic (exact) mass is 273 g/mol. The molecule has 20 heavy (non-hydrogen) atoms. The van der Waals surface area contributed by atoms with E-state index in [1.807, 2.05) is 12.1 Å². The molecule has 2 aromatic carbocycles. The topological polar surface area (TPSA) is 21.3 Å². The van der Waals surface area contributed by atoms with E-state index < -0.39 is 0 Å². The van der Waals surface area contributed by atoms with Crippen molar-refractivity contribution in [1.29, 1.82) is 0 Å². The van der Waals surface area contributed by atoms with Gasteiger partial charge in [-0.25, -0.2) is 4.39 Å². The van der Waals surface area contributed by atoms with Gasteiger partial charge in [-0.15, -0.1) is 0 Å². The van der Waals surface area contributed by atoms with Crippen molar-refractivity contribution >= 4 is 0 Å². The normalized spacial score (nSPS) is 12.3. The highest BCUT2D eigenvalue weighted by atomic mass is 19.1. The Morgan fingerprint density at radius 3 is 2.20 bits per heavy atom. The largest absolute Gasteiger partial charge is 0.380 e. The molecular formula is C17H20FNO. The van der Waals surface area contributed by atoms with Crippen molar-refractivity contribution in [1.82, 2.24) is 5.32 Å². The van der Waals surface area contributed by atoms with Crippen LogP contribution in [-0.2, 0) is 17.9 Å². The van der Waals surface area contributed by atoms with Gasteiger partial charge in [0.25, 0.3) is 0 Å². The third-order valence-electron chi connectivity index (χ3n) is 3.32. The van der Waals surface area contributed by atoms with E-state index in [9.17, 15) is 4.39 Å². The molecule has 1 atom stereocenters. The number of hydrogen-bond acceptors (Lipinski definition) is 2. The van der Waals surface area contributed by atoms with E-state index in [4.69, 9.17) is 4.74 Å². The zero-order valence-electron chi connectivity index (χ0n) is 11.9. The van der Waals surface area contributed by atoms with Gasteiger partial charge >= 0.3 is 0 Å². The Hall–Kier alpha value is -1.71. The van der Waals surface area contributed by atoms with Crippen LogP contribution in [0.2, 0.25) is 0 Å². The molecular weight excluding hydrogens is 253 g/mol. The number of rotatable bonds is 6. The van der Waals surface area contributed by atoms with Crippen molar-refractivity contribution in [3.63, 3.8) is 0 Å². The Labute approximate surface area is 119 Å². The Kier molecular flexibility index (Phi) is 5.27. The molecule has 0 aliphatic heterocycles. The molecule has 3 heteroatoms. The first-order chi connectivity index (χ1) is 9.69. The van der Waals surface area contributed by atoms with Crippen molar-refractivity contribution < 1.29 is 9.13 Å². The molecule has 0 bridgehead atoms. The van der Waals surface area contributed by atoms with E-state index in [0.717, 1.165) is 12.1 Å². The number of ether oxygens (including phenoxy) is 1. The molecule has 0 spiro atoms. The fraction of sp³-hybridized carbons (Fsp3) is 0.294. The first kappa shape index (κ1) is 14.7. The number of nitrogens with one attached hydrogen (secondary N) is 1. The summed E-state index contributed by atoms with van der Waals surface area (Å²) in [5.41, 5.74) is 3.48. The lowest BCUT2D eigenvalue weighted by Crippen LogP contribution is -2.18. The van der Waals surface area contributed by atoms with Crippen LogP contribution in [-0.4, -0.2) is 7.11 Å². The van der Waals surface area contributed by atoms with Gasteiger partial charge in [0.05, 0.1) is 6.61 Å². The second-order valence-electron chi connectivity index (χ2n) is 4.90. The van der Waals surface area contributed by atoms with Gasteiger partial charge in [0, 0.05) is 19.7 Å². The predicted molar refractivity (Wildman–Crippen MR) is 78.8 cm³/mol. The van der Waals surface area contributed by atoms with Gasteiger partial charge in [-0.3, -0.25) is 0 Å². The average molecular weight is 273 g/mol. The highest BCUT2D eigenvalue weighted by Crippen LogP contribution is 2.14. The molecule has 0 aromatic heterocycles. The molecule has 106 valence electrons. The quantitative estimate of drug-likeness (QED) is 0.864. The van der Waals surface area contributed by atoms with E-state index >= 15 is 0 Å². The summed E-state index contributed by atoms with van der Waals surface area (Å²) < 4.78 is 18.0. The molecule has 0 amide bonds. The minimum atomic E-state index is -0.199. The number of halogens is 1. The molecule has 1 N–H and O–H groups in total. The molecule has 2 nitrogen and oxygen atoms in total. The van der Waals surface area contributed by atoms with Crippen LogP contribution >= 0.6 is 0 Å². The summed E-state index contributed by atoms with van der Waals surface area (Å²) in [7, 11) is 1.69. The van der Waals surface area contributed by atoms with E-state index in [1.54, 1.807) is 7.11 Å². The second kappa shape index (κ2) is 7.17. The zero-order valence-corrected chi connectivity index (χ0v) is 11.9. The third kappa shape index (κ3) is 4.15. The zero-order chi connectivity index (χ0) is 14.4. The fourth-order valence-electron chi connectivity index (χ4n) is 2.06. The van der Waals surface area contributed by atoms with Crippen molar-refractivity contribution in [2.45, 2.75) is 26.1 Å². The van der Waals surface area contributed by atoms with Crippen molar-refractivity contribution in [3.05, 3.63) is 71.0 Å². The van der Waals surface area contributed by atoms with Gasteiger partial charge in [-0.2, -0.15) is 0 Å². The third-order valence-corrected chi connectivity index (χ3v) is 3.32. The van der Waals surface area contributed by atoms with Crippen LogP contribution < -0.4 is 5.32 Å². The standard InChI is InChI=1S/C17H20FNO/c1-13(16-7-9-17(18)10-8-16)19-11-14-3-5-15(6-4-14)12-20-2/h3-10,13,19H,11-12H2,1-2H3/t13-/m1/s1. The smallest absolute Gasteiger partial charge is 0.123 e. The van der Waals surface area contributed by atoms with Gasteiger partial charge in [0.1, 0.15) is 5.82 Å². The Bertz CT molecular complexity index is 522. The van der Waals surface area contributed by atoms with Crippen LogP contribution in [0.25, 0.3) is 0 Å². The molecule has 0 unspecified atom stereocenters. The van der Waals surface area contributed by atoms with Gasteiger partial charge in [-0.05, 0) is 35.7 Å². The van der Waals surface area contributed by atoms with E-state index in [2.05, 4.69) is 36.5 Å². The predicted octanol–water partition coefficient (Wildman–Crippen LogP) is 3.82. The molecule has 0 saturated carbocycles. The average Bonchev–Trinajstić information content (AvgIpc) is 2.47. The molecule has 0 fully saturated rings. The highest BCUT2D eigenvalue weighted by Gasteiger charge is 2.05. The van der Waals surface area contributed by atoms with Gasteiger partial charge in [0.2, 0.25) is 0 Å². The van der Waals surface area contributed by atoms with Gasteiger partial charge in [0.15, 0.2) is 0 Å². The Morgan fingerprint density at radius 2 is 1.60 bits per heavy atom. The summed E-state index contributed by atoms with van der Waals surface area (Å²) in [6.07, 6.45) is 0. The number of methoxy groups -OCH3 is 1. The van der Waals surface area contributed by atoms with Crippen LogP contribution in [0.4, 0.5) is 4.39 Å². The Balaban J connectivity index is 1.89. The van der Waals surface area contributed by atoms with Crippen LogP contribution in [0.15, 0.2) is 48.5 Å². The molecule has 2 aromatic rings. The summed E-state index contributed by atoms with van der Waals surface area (Å²) in [4.78, 5) is 0. The molecule has 0 radical (unpaired) electrons. The van der Waals surface area contributed by atoms with E-state index in [-0.39, 0.29) is 11.9 Å². The maximum absolute atomic E-state index is 12.9. The van der Waals surface area contributed by atoms with Gasteiger partial charge < -0.3 is 10.1 Å². The lowest BCUT2D eigenvalue weighted by Gasteiger charge is -2.14.